The van der Waals surface area contributed by atoms with Gasteiger partial charge in [0.15, 0.2) is 5.67 Å². The van der Waals surface area contributed by atoms with Crippen LogP contribution in [-0.2, 0) is 10.4 Å². The third-order valence-electron chi connectivity index (χ3n) is 2.82. The fraction of sp³-hybridized carbons (Fsp3) is 0.538. The van der Waals surface area contributed by atoms with E-state index in [1.165, 1.54) is 14.2 Å². The van der Waals surface area contributed by atoms with E-state index in [-0.39, 0.29) is 6.61 Å². The van der Waals surface area contributed by atoms with Gasteiger partial charge in [0.05, 0.1) is 18.7 Å². The molecule has 2 N–H and O–H groups in total. The third-order valence-corrected chi connectivity index (χ3v) is 3.13. The molecule has 1 unspecified atom stereocenters. The van der Waals surface area contributed by atoms with E-state index in [4.69, 9.17) is 26.8 Å². The molecule has 1 aromatic carbocycles. The van der Waals surface area contributed by atoms with Gasteiger partial charge in [0.2, 0.25) is 0 Å². The summed E-state index contributed by atoms with van der Waals surface area (Å²) >= 11 is 5.93. The summed E-state index contributed by atoms with van der Waals surface area (Å²) in [7, 11) is 2.98. The summed E-state index contributed by atoms with van der Waals surface area (Å²) in [5, 5.41) is 0.458. The molecule has 0 spiro atoms. The first-order valence-electron chi connectivity index (χ1n) is 5.79. The molecule has 0 aliphatic heterocycles. The van der Waals surface area contributed by atoms with Crippen molar-refractivity contribution in [2.45, 2.75) is 18.5 Å². The van der Waals surface area contributed by atoms with Crippen LogP contribution >= 0.6 is 11.6 Å². The molecule has 0 aliphatic carbocycles. The molecule has 0 aromatic heterocycles. The Bertz CT molecular complexity index is 389. The van der Waals surface area contributed by atoms with Crippen molar-refractivity contribution in [1.29, 1.82) is 0 Å². The Hall–Kier alpha value is -0.840. The molecule has 0 aliphatic rings. The first kappa shape index (κ1) is 15.2. The second-order valence-electron chi connectivity index (χ2n) is 4.14. The molecule has 0 heterocycles. The van der Waals surface area contributed by atoms with Gasteiger partial charge in [-0.2, -0.15) is 0 Å². The molecule has 3 nitrogen and oxygen atoms in total. The zero-order chi connectivity index (χ0) is 13.6. The first-order valence-corrected chi connectivity index (χ1v) is 6.17. The van der Waals surface area contributed by atoms with E-state index < -0.39 is 5.67 Å². The number of benzene rings is 1. The maximum absolute atomic E-state index is 14.9. The smallest absolute Gasteiger partial charge is 0.159 e. The summed E-state index contributed by atoms with van der Waals surface area (Å²) in [5.74, 6) is 0.458. The van der Waals surface area contributed by atoms with E-state index in [2.05, 4.69) is 0 Å². The van der Waals surface area contributed by atoms with Gasteiger partial charge >= 0.3 is 0 Å². The van der Waals surface area contributed by atoms with E-state index in [0.717, 1.165) is 0 Å². The van der Waals surface area contributed by atoms with Crippen LogP contribution in [0.3, 0.4) is 0 Å². The summed E-state index contributed by atoms with van der Waals surface area (Å²) in [6.45, 7) is 0.428. The van der Waals surface area contributed by atoms with Crippen LogP contribution in [0, 0.1) is 0 Å². The van der Waals surface area contributed by atoms with Crippen LogP contribution in [0.15, 0.2) is 18.2 Å². The molecule has 5 heteroatoms. The third kappa shape index (κ3) is 3.57. The van der Waals surface area contributed by atoms with Crippen molar-refractivity contribution in [2.75, 3.05) is 27.4 Å². The van der Waals surface area contributed by atoms with Gasteiger partial charge in [-0.3, -0.25) is 0 Å². The van der Waals surface area contributed by atoms with E-state index in [1.54, 1.807) is 18.2 Å². The van der Waals surface area contributed by atoms with Gasteiger partial charge < -0.3 is 15.2 Å². The van der Waals surface area contributed by atoms with Crippen molar-refractivity contribution in [2.24, 2.45) is 5.73 Å². The van der Waals surface area contributed by atoms with Gasteiger partial charge in [-0.05, 0) is 37.1 Å². The molecule has 1 atom stereocenters. The number of nitrogens with two attached hydrogens (primary N) is 1. The molecule has 0 bridgehead atoms. The predicted molar refractivity (Wildman–Crippen MR) is 71.0 cm³/mol. The highest BCUT2D eigenvalue weighted by Gasteiger charge is 2.32. The van der Waals surface area contributed by atoms with Gasteiger partial charge in [0.1, 0.15) is 5.75 Å². The Morgan fingerprint density at radius 2 is 2.11 bits per heavy atom. The molecule has 1 aromatic rings. The van der Waals surface area contributed by atoms with Crippen LogP contribution in [0.2, 0.25) is 5.02 Å². The minimum absolute atomic E-state index is 0.0161. The molecule has 0 saturated carbocycles. The average Bonchev–Trinajstić information content (AvgIpc) is 2.37. The van der Waals surface area contributed by atoms with Crippen molar-refractivity contribution in [3.63, 3.8) is 0 Å². The van der Waals surface area contributed by atoms with Gasteiger partial charge in [-0.15, -0.1) is 0 Å². The van der Waals surface area contributed by atoms with Gasteiger partial charge in [0, 0.05) is 7.11 Å². The number of rotatable bonds is 7. The van der Waals surface area contributed by atoms with Crippen molar-refractivity contribution < 1.29 is 13.9 Å². The lowest BCUT2D eigenvalue weighted by Crippen LogP contribution is -2.27. The summed E-state index contributed by atoms with van der Waals surface area (Å²) in [5.41, 5.74) is 4.37. The van der Waals surface area contributed by atoms with Crippen LogP contribution in [0.5, 0.6) is 5.75 Å². The highest BCUT2D eigenvalue weighted by atomic mass is 35.5. The highest BCUT2D eigenvalue weighted by Crippen LogP contribution is 2.36. The van der Waals surface area contributed by atoms with E-state index >= 15 is 0 Å². The van der Waals surface area contributed by atoms with Crippen molar-refractivity contribution >= 4 is 11.6 Å². The SMILES string of the molecule is COCC(F)(CCCN)c1ccc(Cl)c(OC)c1. The maximum Gasteiger partial charge on any atom is 0.159 e. The fourth-order valence-electron chi connectivity index (χ4n) is 1.85. The first-order chi connectivity index (χ1) is 8.57. The molecule has 1 rings (SSSR count). The number of hydrogen-bond acceptors (Lipinski definition) is 3. The summed E-state index contributed by atoms with van der Waals surface area (Å²) in [4.78, 5) is 0. The van der Waals surface area contributed by atoms with Gasteiger partial charge in [-0.1, -0.05) is 17.7 Å². The second-order valence-corrected chi connectivity index (χ2v) is 4.55. The highest BCUT2D eigenvalue weighted by molar-refractivity contribution is 6.32. The van der Waals surface area contributed by atoms with E-state index in [1.807, 2.05) is 0 Å². The number of hydrogen-bond donors (Lipinski definition) is 1. The van der Waals surface area contributed by atoms with Gasteiger partial charge in [0.25, 0.3) is 0 Å². The lowest BCUT2D eigenvalue weighted by atomic mass is 9.91. The topological polar surface area (TPSA) is 44.5 Å². The molecular weight excluding hydrogens is 257 g/mol. The van der Waals surface area contributed by atoms with Gasteiger partial charge in [-0.25, -0.2) is 4.39 Å². The Morgan fingerprint density at radius 3 is 2.67 bits per heavy atom. The average molecular weight is 276 g/mol. The Morgan fingerprint density at radius 1 is 1.39 bits per heavy atom. The van der Waals surface area contributed by atoms with Crippen molar-refractivity contribution in [3.05, 3.63) is 28.8 Å². The standard InChI is InChI=1S/C13H19ClFNO2/c1-17-9-13(15,6-3-7-16)10-4-5-11(14)12(8-10)18-2/h4-5,8H,3,6-7,9,16H2,1-2H3. The summed E-state index contributed by atoms with van der Waals surface area (Å²) in [6.07, 6.45) is 0.896. The van der Waals surface area contributed by atoms with Crippen LogP contribution in [-0.4, -0.2) is 27.4 Å². The molecule has 0 radical (unpaired) electrons. The van der Waals surface area contributed by atoms with Crippen LogP contribution in [0.1, 0.15) is 18.4 Å². The molecule has 18 heavy (non-hydrogen) atoms. The minimum Gasteiger partial charge on any atom is -0.495 e. The summed E-state index contributed by atoms with van der Waals surface area (Å²) < 4.78 is 25.0. The number of alkyl halides is 1. The van der Waals surface area contributed by atoms with Crippen LogP contribution in [0.25, 0.3) is 0 Å². The molecular formula is C13H19ClFNO2. The maximum atomic E-state index is 14.9. The molecule has 0 fully saturated rings. The largest absolute Gasteiger partial charge is 0.495 e. The lowest BCUT2D eigenvalue weighted by Gasteiger charge is -2.25. The van der Waals surface area contributed by atoms with Crippen molar-refractivity contribution in [3.8, 4) is 5.75 Å². The zero-order valence-electron chi connectivity index (χ0n) is 10.7. The lowest BCUT2D eigenvalue weighted by molar-refractivity contribution is 0.0302. The number of ether oxygens (including phenoxy) is 2. The fourth-order valence-corrected chi connectivity index (χ4v) is 2.04. The number of methoxy groups -OCH3 is 2. The normalized spacial score (nSPS) is 14.3. The predicted octanol–water partition coefficient (Wildman–Crippen LogP) is 2.90. The summed E-state index contributed by atoms with van der Waals surface area (Å²) in [6, 6.07) is 4.89. The number of halogens is 2. The Labute approximate surface area is 112 Å². The van der Waals surface area contributed by atoms with Crippen LogP contribution in [0.4, 0.5) is 4.39 Å². The quantitative estimate of drug-likeness (QED) is 0.832. The Kier molecular flexibility index (Phi) is 5.85. The van der Waals surface area contributed by atoms with Crippen molar-refractivity contribution in [1.82, 2.24) is 0 Å². The van der Waals surface area contributed by atoms with E-state index in [9.17, 15) is 4.39 Å². The van der Waals surface area contributed by atoms with Crippen LogP contribution < -0.4 is 10.5 Å². The zero-order valence-corrected chi connectivity index (χ0v) is 11.5. The monoisotopic (exact) mass is 275 g/mol. The van der Waals surface area contributed by atoms with E-state index in [0.29, 0.717) is 35.7 Å². The Balaban J connectivity index is 3.04. The minimum atomic E-state index is -1.56. The second kappa shape index (κ2) is 6.92. The molecule has 102 valence electrons. The molecule has 0 amide bonds. The molecule has 0 saturated heterocycles.